The van der Waals surface area contributed by atoms with Crippen LogP contribution in [0.25, 0.3) is 0 Å². The molecule has 2 N–H and O–H groups in total. The van der Waals surface area contributed by atoms with Crippen molar-refractivity contribution in [3.8, 4) is 11.5 Å². The van der Waals surface area contributed by atoms with Gasteiger partial charge >= 0.3 is 0 Å². The van der Waals surface area contributed by atoms with Crippen LogP contribution in [0.15, 0.2) is 42.5 Å². The third-order valence-corrected chi connectivity index (χ3v) is 5.11. The van der Waals surface area contributed by atoms with E-state index >= 15 is 0 Å². The minimum Gasteiger partial charge on any atom is -0.454 e. The maximum absolute atomic E-state index is 5.46. The van der Waals surface area contributed by atoms with Crippen LogP contribution in [-0.2, 0) is 11.3 Å². The summed E-state index contributed by atoms with van der Waals surface area (Å²) in [6.07, 6.45) is 0. The molecule has 0 bridgehead atoms. The minimum absolute atomic E-state index is 0.261. The summed E-state index contributed by atoms with van der Waals surface area (Å²) in [4.78, 5) is 16.0. The largest absolute Gasteiger partial charge is 0.454 e. The number of nitrogens with one attached hydrogen (secondary N) is 2. The zero-order valence-electron chi connectivity index (χ0n) is 17.3. The van der Waals surface area contributed by atoms with Crippen LogP contribution in [0.5, 0.6) is 11.5 Å². The maximum Gasteiger partial charge on any atom is 0.233 e. The molecule has 9 heteroatoms. The average Bonchev–Trinajstić information content (AvgIpc) is 3.28. The van der Waals surface area contributed by atoms with Crippen molar-refractivity contribution in [2.45, 2.75) is 13.5 Å². The van der Waals surface area contributed by atoms with Crippen LogP contribution in [0, 0.1) is 6.92 Å². The molecule has 0 unspecified atom stereocenters. The van der Waals surface area contributed by atoms with Gasteiger partial charge in [-0.15, -0.1) is 0 Å². The molecule has 31 heavy (non-hydrogen) atoms. The number of ether oxygens (including phenoxy) is 3. The first-order chi connectivity index (χ1) is 15.2. The number of anilines is 4. The van der Waals surface area contributed by atoms with E-state index in [0.29, 0.717) is 37.6 Å². The average molecular weight is 420 g/mol. The number of aryl methyl sites for hydroxylation is 1. The van der Waals surface area contributed by atoms with Gasteiger partial charge in [0.2, 0.25) is 24.6 Å². The molecule has 160 valence electrons. The molecule has 9 nitrogen and oxygen atoms in total. The molecule has 0 spiro atoms. The van der Waals surface area contributed by atoms with Crippen molar-refractivity contribution in [2.24, 2.45) is 0 Å². The van der Waals surface area contributed by atoms with E-state index in [1.54, 1.807) is 0 Å². The van der Waals surface area contributed by atoms with Crippen LogP contribution >= 0.6 is 0 Å². The topological polar surface area (TPSA) is 93.7 Å². The lowest BCUT2D eigenvalue weighted by Crippen LogP contribution is -2.37. The number of nitrogens with zero attached hydrogens (tertiary/aromatic N) is 4. The summed E-state index contributed by atoms with van der Waals surface area (Å²) in [5, 5.41) is 6.60. The summed E-state index contributed by atoms with van der Waals surface area (Å²) in [6.45, 7) is 5.68. The predicted octanol–water partition coefficient (Wildman–Crippen LogP) is 3.10. The van der Waals surface area contributed by atoms with Crippen molar-refractivity contribution in [1.82, 2.24) is 15.0 Å². The van der Waals surface area contributed by atoms with Crippen LogP contribution in [0.1, 0.15) is 11.1 Å². The Kier molecular flexibility index (Phi) is 5.40. The molecule has 0 aliphatic carbocycles. The van der Waals surface area contributed by atoms with Crippen LogP contribution in [-0.4, -0.2) is 48.0 Å². The Morgan fingerprint density at radius 3 is 2.52 bits per heavy atom. The van der Waals surface area contributed by atoms with E-state index in [-0.39, 0.29) is 6.79 Å². The van der Waals surface area contributed by atoms with E-state index in [1.807, 2.05) is 42.5 Å². The van der Waals surface area contributed by atoms with E-state index in [1.165, 1.54) is 5.56 Å². The normalized spacial score (nSPS) is 15.1. The molecular formula is C22H24N6O3. The van der Waals surface area contributed by atoms with Gasteiger partial charge in [-0.05, 0) is 36.8 Å². The van der Waals surface area contributed by atoms with Crippen molar-refractivity contribution in [2.75, 3.05) is 48.6 Å². The molecule has 2 aliphatic heterocycles. The van der Waals surface area contributed by atoms with Crippen LogP contribution < -0.4 is 25.0 Å². The summed E-state index contributed by atoms with van der Waals surface area (Å²) in [6, 6.07) is 14.0. The summed E-state index contributed by atoms with van der Waals surface area (Å²) < 4.78 is 16.3. The molecule has 1 saturated heterocycles. The highest BCUT2D eigenvalue weighted by Gasteiger charge is 2.17. The Hall–Kier alpha value is -3.59. The molecule has 0 radical (unpaired) electrons. The van der Waals surface area contributed by atoms with Gasteiger partial charge in [-0.1, -0.05) is 23.8 Å². The van der Waals surface area contributed by atoms with Crippen LogP contribution in [0.2, 0.25) is 0 Å². The maximum atomic E-state index is 5.46. The van der Waals surface area contributed by atoms with Crippen molar-refractivity contribution < 1.29 is 14.2 Å². The fraction of sp³-hybridized carbons (Fsp3) is 0.318. The second kappa shape index (κ2) is 8.65. The number of morpholine rings is 1. The van der Waals surface area contributed by atoms with E-state index in [4.69, 9.17) is 14.2 Å². The van der Waals surface area contributed by atoms with E-state index < -0.39 is 0 Å². The Labute approximate surface area is 180 Å². The molecule has 1 fully saturated rings. The number of aromatic nitrogens is 3. The second-order valence-electron chi connectivity index (χ2n) is 7.41. The van der Waals surface area contributed by atoms with Gasteiger partial charge in [0.25, 0.3) is 0 Å². The van der Waals surface area contributed by atoms with Gasteiger partial charge in [0, 0.05) is 25.3 Å². The Morgan fingerprint density at radius 1 is 0.903 bits per heavy atom. The summed E-state index contributed by atoms with van der Waals surface area (Å²) in [7, 11) is 0. The molecule has 2 aromatic carbocycles. The van der Waals surface area contributed by atoms with Crippen molar-refractivity contribution >= 4 is 23.5 Å². The fourth-order valence-electron chi connectivity index (χ4n) is 3.40. The number of fused-ring (bicyclic) bond motifs is 1. The van der Waals surface area contributed by atoms with Crippen molar-refractivity contribution in [1.29, 1.82) is 0 Å². The van der Waals surface area contributed by atoms with Crippen molar-refractivity contribution in [3.63, 3.8) is 0 Å². The molecule has 0 saturated carbocycles. The van der Waals surface area contributed by atoms with E-state index in [2.05, 4.69) is 37.4 Å². The monoisotopic (exact) mass is 420 g/mol. The Morgan fingerprint density at radius 2 is 1.68 bits per heavy atom. The molecule has 3 heterocycles. The van der Waals surface area contributed by atoms with Crippen molar-refractivity contribution in [3.05, 3.63) is 53.6 Å². The number of benzene rings is 2. The lowest BCUT2D eigenvalue weighted by Gasteiger charge is -2.27. The third kappa shape index (κ3) is 4.61. The Balaban J connectivity index is 1.37. The molecule has 5 rings (SSSR count). The summed E-state index contributed by atoms with van der Waals surface area (Å²) in [5.41, 5.74) is 3.17. The molecular weight excluding hydrogens is 396 g/mol. The van der Waals surface area contributed by atoms with Crippen LogP contribution in [0.4, 0.5) is 23.5 Å². The second-order valence-corrected chi connectivity index (χ2v) is 7.41. The molecule has 0 amide bonds. The minimum atomic E-state index is 0.261. The quantitative estimate of drug-likeness (QED) is 0.624. The van der Waals surface area contributed by atoms with Gasteiger partial charge in [-0.25, -0.2) is 0 Å². The van der Waals surface area contributed by atoms with Gasteiger partial charge in [0.05, 0.1) is 13.2 Å². The smallest absolute Gasteiger partial charge is 0.233 e. The first kappa shape index (κ1) is 19.4. The zero-order valence-corrected chi connectivity index (χ0v) is 17.3. The van der Waals surface area contributed by atoms with Gasteiger partial charge in [-0.2, -0.15) is 15.0 Å². The SMILES string of the molecule is Cc1ccc(Nc2nc(NCc3ccc4c(c3)OCO4)nc(N3CCOCC3)n2)cc1. The molecule has 1 aromatic heterocycles. The number of hydrogen-bond donors (Lipinski definition) is 2. The third-order valence-electron chi connectivity index (χ3n) is 5.11. The first-order valence-corrected chi connectivity index (χ1v) is 10.3. The lowest BCUT2D eigenvalue weighted by molar-refractivity contribution is 0.122. The van der Waals surface area contributed by atoms with E-state index in [0.717, 1.165) is 35.8 Å². The standard InChI is InChI=1S/C22H24N6O3/c1-15-2-5-17(6-3-15)24-21-25-20(26-22(27-21)28-8-10-29-11-9-28)23-13-16-4-7-18-19(12-16)31-14-30-18/h2-7,12H,8-11,13-14H2,1H3,(H2,23,24,25,26,27). The predicted molar refractivity (Wildman–Crippen MR) is 117 cm³/mol. The highest BCUT2D eigenvalue weighted by atomic mass is 16.7. The molecule has 2 aliphatic rings. The molecule has 0 atom stereocenters. The first-order valence-electron chi connectivity index (χ1n) is 10.3. The van der Waals surface area contributed by atoms with Gasteiger partial charge in [0.15, 0.2) is 11.5 Å². The van der Waals surface area contributed by atoms with Gasteiger partial charge in [-0.3, -0.25) is 0 Å². The summed E-state index contributed by atoms with van der Waals surface area (Å²) in [5.74, 6) is 3.15. The number of rotatable bonds is 6. The number of hydrogen-bond acceptors (Lipinski definition) is 9. The van der Waals surface area contributed by atoms with Crippen LogP contribution in [0.3, 0.4) is 0 Å². The summed E-state index contributed by atoms with van der Waals surface area (Å²) >= 11 is 0. The highest BCUT2D eigenvalue weighted by Crippen LogP contribution is 2.32. The highest BCUT2D eigenvalue weighted by molar-refractivity contribution is 5.56. The zero-order chi connectivity index (χ0) is 21.0. The Bertz CT molecular complexity index is 1050. The lowest BCUT2D eigenvalue weighted by atomic mass is 10.2. The fourth-order valence-corrected chi connectivity index (χ4v) is 3.40. The van der Waals surface area contributed by atoms with E-state index in [9.17, 15) is 0 Å². The van der Waals surface area contributed by atoms with Gasteiger partial charge in [0.1, 0.15) is 0 Å². The van der Waals surface area contributed by atoms with Gasteiger partial charge < -0.3 is 29.7 Å². The molecule has 3 aromatic rings.